The van der Waals surface area contributed by atoms with Crippen LogP contribution in [0, 0.1) is 6.92 Å². The number of hydrogen-bond acceptors (Lipinski definition) is 5. The average molecular weight is 263 g/mol. The molecule has 5 heteroatoms. The van der Waals surface area contributed by atoms with E-state index in [0.717, 1.165) is 16.1 Å². The van der Waals surface area contributed by atoms with Crippen LogP contribution in [0.25, 0.3) is 11.3 Å². The maximum Gasteiger partial charge on any atom is 0.337 e. The van der Waals surface area contributed by atoms with Crippen LogP contribution in [0.4, 0.5) is 0 Å². The van der Waals surface area contributed by atoms with Crippen LogP contribution >= 0.6 is 11.3 Å². The number of aliphatic hydroxyl groups is 1. The zero-order chi connectivity index (χ0) is 13.1. The van der Waals surface area contributed by atoms with Gasteiger partial charge in [0.2, 0.25) is 0 Å². The van der Waals surface area contributed by atoms with Crippen LogP contribution in [0.5, 0.6) is 0 Å². The number of methoxy groups -OCH3 is 1. The van der Waals surface area contributed by atoms with Gasteiger partial charge in [0.05, 0.1) is 25.0 Å². The molecule has 0 aliphatic rings. The third-order valence-electron chi connectivity index (χ3n) is 2.53. The van der Waals surface area contributed by atoms with Crippen molar-refractivity contribution in [2.24, 2.45) is 0 Å². The minimum Gasteiger partial charge on any atom is -0.465 e. The normalized spacial score (nSPS) is 10.4. The third kappa shape index (κ3) is 2.42. The zero-order valence-corrected chi connectivity index (χ0v) is 11.0. The summed E-state index contributed by atoms with van der Waals surface area (Å²) in [6.45, 7) is 1.87. The number of nitrogens with zero attached hydrogens (tertiary/aromatic N) is 1. The van der Waals surface area contributed by atoms with E-state index in [-0.39, 0.29) is 12.6 Å². The molecule has 0 atom stereocenters. The van der Waals surface area contributed by atoms with Crippen LogP contribution in [0.15, 0.2) is 24.3 Å². The quantitative estimate of drug-likeness (QED) is 0.864. The van der Waals surface area contributed by atoms with Crippen LogP contribution in [0.3, 0.4) is 0 Å². The predicted octanol–water partition coefficient (Wildman–Crippen LogP) is 2.40. The van der Waals surface area contributed by atoms with E-state index >= 15 is 0 Å². The largest absolute Gasteiger partial charge is 0.465 e. The van der Waals surface area contributed by atoms with Crippen molar-refractivity contribution in [3.8, 4) is 11.3 Å². The minimum atomic E-state index is -0.368. The van der Waals surface area contributed by atoms with Gasteiger partial charge in [0.1, 0.15) is 5.01 Å². The predicted molar refractivity (Wildman–Crippen MR) is 69.5 cm³/mol. The van der Waals surface area contributed by atoms with Crippen LogP contribution in [-0.4, -0.2) is 23.2 Å². The first-order valence-corrected chi connectivity index (χ1v) is 6.23. The lowest BCUT2D eigenvalue weighted by atomic mass is 10.1. The molecule has 2 aromatic rings. The number of carbonyl (C=O) groups is 1. The molecule has 0 bridgehead atoms. The fraction of sp³-hybridized carbons (Fsp3) is 0.231. The summed E-state index contributed by atoms with van der Waals surface area (Å²) in [5.41, 5.74) is 2.15. The van der Waals surface area contributed by atoms with Crippen molar-refractivity contribution in [1.82, 2.24) is 4.98 Å². The Labute approximate surface area is 109 Å². The Balaban J connectivity index is 2.44. The molecule has 1 heterocycles. The van der Waals surface area contributed by atoms with Gasteiger partial charge in [-0.3, -0.25) is 0 Å². The monoisotopic (exact) mass is 263 g/mol. The number of aryl methyl sites for hydroxylation is 1. The SMILES string of the molecule is COC(=O)c1cccc(-c2nc(CO)sc2C)c1. The summed E-state index contributed by atoms with van der Waals surface area (Å²) in [6, 6.07) is 7.12. The summed E-state index contributed by atoms with van der Waals surface area (Å²) in [4.78, 5) is 16.8. The number of benzene rings is 1. The molecule has 0 spiro atoms. The summed E-state index contributed by atoms with van der Waals surface area (Å²) in [7, 11) is 1.35. The molecule has 0 aliphatic carbocycles. The molecule has 18 heavy (non-hydrogen) atoms. The number of aromatic nitrogens is 1. The van der Waals surface area contributed by atoms with Crippen LogP contribution in [-0.2, 0) is 11.3 Å². The molecule has 0 amide bonds. The Bertz CT molecular complexity index is 577. The first-order valence-electron chi connectivity index (χ1n) is 5.41. The fourth-order valence-electron chi connectivity index (χ4n) is 1.70. The zero-order valence-electron chi connectivity index (χ0n) is 10.1. The molecule has 94 valence electrons. The van der Waals surface area contributed by atoms with Gasteiger partial charge < -0.3 is 9.84 Å². The molecule has 1 N–H and O–H groups in total. The molecule has 1 aromatic carbocycles. The molecule has 0 saturated carbocycles. The second kappa shape index (κ2) is 5.29. The Hall–Kier alpha value is -1.72. The number of esters is 1. The summed E-state index contributed by atoms with van der Waals surface area (Å²) in [5, 5.41) is 9.75. The molecule has 0 radical (unpaired) electrons. The molecular formula is C13H13NO3S. The van der Waals surface area contributed by atoms with Gasteiger partial charge in [-0.2, -0.15) is 0 Å². The van der Waals surface area contributed by atoms with Crippen LogP contribution in [0.2, 0.25) is 0 Å². The van der Waals surface area contributed by atoms with E-state index in [1.165, 1.54) is 18.4 Å². The van der Waals surface area contributed by atoms with Gasteiger partial charge >= 0.3 is 5.97 Å². The Morgan fingerprint density at radius 3 is 2.89 bits per heavy atom. The maximum absolute atomic E-state index is 11.5. The summed E-state index contributed by atoms with van der Waals surface area (Å²) < 4.78 is 4.69. The number of rotatable bonds is 3. The van der Waals surface area contributed by atoms with E-state index in [9.17, 15) is 4.79 Å². The Morgan fingerprint density at radius 1 is 1.50 bits per heavy atom. The van der Waals surface area contributed by atoms with E-state index in [0.29, 0.717) is 10.6 Å². The fourth-order valence-corrected chi connectivity index (χ4v) is 2.51. The Kier molecular flexibility index (Phi) is 3.74. The Morgan fingerprint density at radius 2 is 2.28 bits per heavy atom. The van der Waals surface area contributed by atoms with Crippen molar-refractivity contribution in [2.75, 3.05) is 7.11 Å². The van der Waals surface area contributed by atoms with Gasteiger partial charge in [0.25, 0.3) is 0 Å². The summed E-state index contributed by atoms with van der Waals surface area (Å²) >= 11 is 1.45. The molecule has 0 unspecified atom stereocenters. The number of ether oxygens (including phenoxy) is 1. The minimum absolute atomic E-state index is 0.0673. The lowest BCUT2D eigenvalue weighted by Crippen LogP contribution is -2.00. The first-order chi connectivity index (χ1) is 8.65. The van der Waals surface area contributed by atoms with Crippen molar-refractivity contribution in [2.45, 2.75) is 13.5 Å². The molecule has 4 nitrogen and oxygen atoms in total. The summed E-state index contributed by atoms with van der Waals surface area (Å²) in [6.07, 6.45) is 0. The topological polar surface area (TPSA) is 59.4 Å². The van der Waals surface area contributed by atoms with Crippen molar-refractivity contribution in [3.05, 3.63) is 39.7 Å². The van der Waals surface area contributed by atoms with E-state index in [2.05, 4.69) is 9.72 Å². The highest BCUT2D eigenvalue weighted by molar-refractivity contribution is 7.12. The molecule has 0 aliphatic heterocycles. The van der Waals surface area contributed by atoms with E-state index in [1.807, 2.05) is 13.0 Å². The third-order valence-corrected chi connectivity index (χ3v) is 3.49. The first kappa shape index (κ1) is 12.7. The molecule has 0 saturated heterocycles. The number of hydrogen-bond donors (Lipinski definition) is 1. The average Bonchev–Trinajstić information content (AvgIpc) is 2.79. The van der Waals surface area contributed by atoms with Gasteiger partial charge in [0, 0.05) is 10.4 Å². The highest BCUT2D eigenvalue weighted by Crippen LogP contribution is 2.28. The van der Waals surface area contributed by atoms with Crippen molar-refractivity contribution < 1.29 is 14.6 Å². The number of thiazole rings is 1. The second-order valence-corrected chi connectivity index (χ2v) is 5.03. The number of carbonyl (C=O) groups excluding carboxylic acids is 1. The lowest BCUT2D eigenvalue weighted by molar-refractivity contribution is 0.0601. The van der Waals surface area contributed by atoms with Crippen molar-refractivity contribution in [1.29, 1.82) is 0 Å². The van der Waals surface area contributed by atoms with E-state index < -0.39 is 0 Å². The van der Waals surface area contributed by atoms with E-state index in [1.54, 1.807) is 18.2 Å². The number of aliphatic hydroxyl groups excluding tert-OH is 1. The lowest BCUT2D eigenvalue weighted by Gasteiger charge is -2.02. The van der Waals surface area contributed by atoms with Gasteiger partial charge in [-0.05, 0) is 19.1 Å². The molecule has 1 aromatic heterocycles. The van der Waals surface area contributed by atoms with Gasteiger partial charge in [-0.25, -0.2) is 9.78 Å². The molecule has 2 rings (SSSR count). The standard InChI is InChI=1S/C13H13NO3S/c1-8-12(14-11(7-15)18-8)9-4-3-5-10(6-9)13(16)17-2/h3-6,15H,7H2,1-2H3. The van der Waals surface area contributed by atoms with Crippen LogP contribution < -0.4 is 0 Å². The van der Waals surface area contributed by atoms with Crippen molar-refractivity contribution >= 4 is 17.3 Å². The maximum atomic E-state index is 11.5. The van der Waals surface area contributed by atoms with Crippen molar-refractivity contribution in [3.63, 3.8) is 0 Å². The second-order valence-electron chi connectivity index (χ2n) is 3.74. The molecule has 0 fully saturated rings. The highest BCUT2D eigenvalue weighted by atomic mass is 32.1. The van der Waals surface area contributed by atoms with E-state index in [4.69, 9.17) is 5.11 Å². The molecular weight excluding hydrogens is 250 g/mol. The van der Waals surface area contributed by atoms with Gasteiger partial charge in [-0.1, -0.05) is 12.1 Å². The van der Waals surface area contributed by atoms with Crippen LogP contribution in [0.1, 0.15) is 20.2 Å². The smallest absolute Gasteiger partial charge is 0.337 e. The highest BCUT2D eigenvalue weighted by Gasteiger charge is 2.12. The van der Waals surface area contributed by atoms with Gasteiger partial charge in [-0.15, -0.1) is 11.3 Å². The van der Waals surface area contributed by atoms with Gasteiger partial charge in [0.15, 0.2) is 0 Å². The summed E-state index contributed by atoms with van der Waals surface area (Å²) in [5.74, 6) is -0.368.